The summed E-state index contributed by atoms with van der Waals surface area (Å²) in [5, 5.41) is 9.23. The smallest absolute Gasteiger partial charge is 0.191 e. The summed E-state index contributed by atoms with van der Waals surface area (Å²) in [5.41, 5.74) is 0.0543. The number of nitrogens with zero attached hydrogens (tertiary/aromatic N) is 3. The van der Waals surface area contributed by atoms with Crippen molar-refractivity contribution >= 4 is 17.3 Å². The van der Waals surface area contributed by atoms with Crippen LogP contribution in [0.1, 0.15) is 24.8 Å². The van der Waals surface area contributed by atoms with Crippen molar-refractivity contribution in [3.63, 3.8) is 0 Å². The van der Waals surface area contributed by atoms with E-state index in [1.807, 2.05) is 18.4 Å². The summed E-state index contributed by atoms with van der Waals surface area (Å²) < 4.78 is 11.0. The third-order valence-corrected chi connectivity index (χ3v) is 6.57. The van der Waals surface area contributed by atoms with Crippen LogP contribution in [0.25, 0.3) is 0 Å². The normalized spacial score (nSPS) is 21.5. The number of guanidine groups is 1. The molecule has 0 spiro atoms. The molecule has 2 aliphatic heterocycles. The summed E-state index contributed by atoms with van der Waals surface area (Å²) in [4.78, 5) is 10.8. The van der Waals surface area contributed by atoms with Gasteiger partial charge in [-0.05, 0) is 25.3 Å². The van der Waals surface area contributed by atoms with Gasteiger partial charge in [0.1, 0.15) is 0 Å². The van der Waals surface area contributed by atoms with Crippen LogP contribution in [0.15, 0.2) is 22.5 Å². The first-order chi connectivity index (χ1) is 13.6. The Morgan fingerprint density at radius 1 is 1.14 bits per heavy atom. The Morgan fingerprint density at radius 2 is 1.82 bits per heavy atom. The largest absolute Gasteiger partial charge is 0.379 e. The number of thiophene rings is 1. The minimum atomic E-state index is 0.0543. The Balaban J connectivity index is 1.54. The third-order valence-electron chi connectivity index (χ3n) is 5.60. The molecule has 0 aromatic carbocycles. The number of aliphatic imine (C=N–C) groups is 1. The molecule has 28 heavy (non-hydrogen) atoms. The number of ether oxygens (including phenoxy) is 2. The number of morpholine rings is 2. The molecule has 3 heterocycles. The molecule has 2 N–H and O–H groups in total. The fourth-order valence-electron chi connectivity index (χ4n) is 3.77. The Labute approximate surface area is 173 Å². The van der Waals surface area contributed by atoms with Gasteiger partial charge in [-0.25, -0.2) is 0 Å². The maximum Gasteiger partial charge on any atom is 0.191 e. The molecule has 1 aromatic rings. The average Bonchev–Trinajstić information content (AvgIpc) is 3.26. The molecule has 1 atom stereocenters. The second-order valence-electron chi connectivity index (χ2n) is 7.90. The highest BCUT2D eigenvalue weighted by Gasteiger charge is 2.29. The van der Waals surface area contributed by atoms with Crippen LogP contribution in [-0.4, -0.2) is 94.0 Å². The SMILES string of the molecule is CN=C(NCC(c1cccs1)N1CCOCC1)NCC(C)(C)N1CCOCC1. The van der Waals surface area contributed by atoms with Gasteiger partial charge in [0, 0.05) is 56.7 Å². The minimum Gasteiger partial charge on any atom is -0.379 e. The van der Waals surface area contributed by atoms with Crippen molar-refractivity contribution in [1.82, 2.24) is 20.4 Å². The van der Waals surface area contributed by atoms with E-state index in [1.165, 1.54) is 4.88 Å². The summed E-state index contributed by atoms with van der Waals surface area (Å²) in [6.07, 6.45) is 0. The van der Waals surface area contributed by atoms with Crippen LogP contribution in [-0.2, 0) is 9.47 Å². The van der Waals surface area contributed by atoms with Crippen LogP contribution in [0, 0.1) is 0 Å². The van der Waals surface area contributed by atoms with Crippen LogP contribution in [0.3, 0.4) is 0 Å². The molecule has 0 radical (unpaired) electrons. The first-order valence-electron chi connectivity index (χ1n) is 10.2. The van der Waals surface area contributed by atoms with E-state index in [2.05, 4.69) is 56.8 Å². The lowest BCUT2D eigenvalue weighted by Gasteiger charge is -2.41. The fraction of sp³-hybridized carbons (Fsp3) is 0.750. The Morgan fingerprint density at radius 3 is 2.43 bits per heavy atom. The average molecular weight is 410 g/mol. The summed E-state index contributed by atoms with van der Waals surface area (Å²) in [6.45, 7) is 13.4. The summed E-state index contributed by atoms with van der Waals surface area (Å²) in [5.74, 6) is 0.858. The molecule has 158 valence electrons. The van der Waals surface area contributed by atoms with E-state index in [4.69, 9.17) is 9.47 Å². The molecule has 1 unspecified atom stereocenters. The maximum atomic E-state index is 5.54. The van der Waals surface area contributed by atoms with Crippen LogP contribution in [0.2, 0.25) is 0 Å². The summed E-state index contributed by atoms with van der Waals surface area (Å²) in [7, 11) is 1.84. The van der Waals surface area contributed by atoms with Crippen molar-refractivity contribution in [1.29, 1.82) is 0 Å². The molecule has 0 saturated carbocycles. The molecular formula is C20H35N5O2S. The first-order valence-corrected chi connectivity index (χ1v) is 11.1. The lowest BCUT2D eigenvalue weighted by molar-refractivity contribution is -0.00836. The molecule has 0 amide bonds. The van der Waals surface area contributed by atoms with Gasteiger partial charge < -0.3 is 20.1 Å². The van der Waals surface area contributed by atoms with Crippen molar-refractivity contribution in [2.75, 3.05) is 72.7 Å². The van der Waals surface area contributed by atoms with E-state index in [0.717, 1.165) is 71.7 Å². The predicted molar refractivity (Wildman–Crippen MR) is 115 cm³/mol. The molecule has 2 saturated heterocycles. The molecule has 2 aliphatic rings. The van der Waals surface area contributed by atoms with E-state index in [9.17, 15) is 0 Å². The van der Waals surface area contributed by atoms with Crippen molar-refractivity contribution in [3.05, 3.63) is 22.4 Å². The molecule has 2 fully saturated rings. The van der Waals surface area contributed by atoms with Crippen molar-refractivity contribution in [2.24, 2.45) is 4.99 Å². The molecule has 3 rings (SSSR count). The zero-order valence-electron chi connectivity index (χ0n) is 17.4. The molecule has 0 aliphatic carbocycles. The van der Waals surface area contributed by atoms with Gasteiger partial charge in [0.2, 0.25) is 0 Å². The van der Waals surface area contributed by atoms with E-state index in [-0.39, 0.29) is 5.54 Å². The number of hydrogen-bond donors (Lipinski definition) is 2. The van der Waals surface area contributed by atoms with Gasteiger partial charge in [-0.15, -0.1) is 11.3 Å². The van der Waals surface area contributed by atoms with Crippen molar-refractivity contribution in [2.45, 2.75) is 25.4 Å². The zero-order valence-corrected chi connectivity index (χ0v) is 18.3. The van der Waals surface area contributed by atoms with E-state index in [1.54, 1.807) is 0 Å². The molecular weight excluding hydrogens is 374 g/mol. The van der Waals surface area contributed by atoms with Gasteiger partial charge in [-0.3, -0.25) is 14.8 Å². The van der Waals surface area contributed by atoms with Gasteiger partial charge >= 0.3 is 0 Å². The van der Waals surface area contributed by atoms with Gasteiger partial charge in [-0.2, -0.15) is 0 Å². The zero-order chi connectivity index (χ0) is 19.8. The maximum absolute atomic E-state index is 5.54. The van der Waals surface area contributed by atoms with Crippen LogP contribution < -0.4 is 10.6 Å². The minimum absolute atomic E-state index is 0.0543. The van der Waals surface area contributed by atoms with E-state index in [0.29, 0.717) is 6.04 Å². The lowest BCUT2D eigenvalue weighted by Crippen LogP contribution is -2.56. The topological polar surface area (TPSA) is 61.4 Å². The number of rotatable bonds is 7. The van der Waals surface area contributed by atoms with E-state index < -0.39 is 0 Å². The fourth-order valence-corrected chi connectivity index (χ4v) is 4.64. The monoisotopic (exact) mass is 409 g/mol. The molecule has 7 nitrogen and oxygen atoms in total. The molecule has 1 aromatic heterocycles. The highest BCUT2D eigenvalue weighted by atomic mass is 32.1. The molecule has 8 heteroatoms. The highest BCUT2D eigenvalue weighted by Crippen LogP contribution is 2.25. The van der Waals surface area contributed by atoms with Crippen LogP contribution in [0.5, 0.6) is 0 Å². The Hall–Kier alpha value is -1.19. The highest BCUT2D eigenvalue weighted by molar-refractivity contribution is 7.10. The number of nitrogens with one attached hydrogen (secondary N) is 2. The number of hydrogen-bond acceptors (Lipinski definition) is 6. The van der Waals surface area contributed by atoms with Crippen molar-refractivity contribution < 1.29 is 9.47 Å². The van der Waals surface area contributed by atoms with Gasteiger partial charge in [0.25, 0.3) is 0 Å². The second-order valence-corrected chi connectivity index (χ2v) is 8.88. The predicted octanol–water partition coefficient (Wildman–Crippen LogP) is 1.40. The van der Waals surface area contributed by atoms with Gasteiger partial charge in [-0.1, -0.05) is 6.07 Å². The molecule has 0 bridgehead atoms. The third kappa shape index (κ3) is 5.90. The van der Waals surface area contributed by atoms with Gasteiger partial charge in [0.15, 0.2) is 5.96 Å². The lowest BCUT2D eigenvalue weighted by atomic mass is 10.0. The first kappa shape index (κ1) is 21.5. The summed E-state index contributed by atoms with van der Waals surface area (Å²) in [6, 6.07) is 4.70. The second kappa shape index (κ2) is 10.5. The standard InChI is InChI=1S/C20H35N5O2S/c1-20(2,25-8-12-27-13-9-25)16-23-19(21-3)22-15-17(18-5-4-14-28-18)24-6-10-26-11-7-24/h4-5,14,17H,6-13,15-16H2,1-3H3,(H2,21,22,23). The Bertz CT molecular complexity index is 596. The van der Waals surface area contributed by atoms with Gasteiger partial charge in [0.05, 0.1) is 32.5 Å². The van der Waals surface area contributed by atoms with Crippen LogP contribution >= 0.6 is 11.3 Å². The quantitative estimate of drug-likeness (QED) is 0.524. The van der Waals surface area contributed by atoms with Crippen LogP contribution in [0.4, 0.5) is 0 Å². The van der Waals surface area contributed by atoms with E-state index >= 15 is 0 Å². The Kier molecular flexibility index (Phi) is 8.11. The van der Waals surface area contributed by atoms with Crippen molar-refractivity contribution in [3.8, 4) is 0 Å². The summed E-state index contributed by atoms with van der Waals surface area (Å²) >= 11 is 1.82.